The molecular weight excluding hydrogens is 244 g/mol. The van der Waals surface area contributed by atoms with Crippen molar-refractivity contribution in [2.45, 2.75) is 58.5 Å². The average Bonchev–Trinajstić information content (AvgIpc) is 2.67. The molecular formula is C18H30N2. The van der Waals surface area contributed by atoms with Crippen molar-refractivity contribution >= 4 is 0 Å². The van der Waals surface area contributed by atoms with Crippen LogP contribution in [-0.4, -0.2) is 30.6 Å². The third kappa shape index (κ3) is 4.92. The van der Waals surface area contributed by atoms with E-state index in [1.165, 1.54) is 45.2 Å². The van der Waals surface area contributed by atoms with Crippen LogP contribution in [0.5, 0.6) is 0 Å². The molecule has 1 aliphatic rings. The largest absolute Gasteiger partial charge is 0.314 e. The SMILES string of the molecule is CCCNC(C)CCCN1CCCc2ccccc2C1. The highest BCUT2D eigenvalue weighted by atomic mass is 15.1. The Bertz CT molecular complexity index is 389. The van der Waals surface area contributed by atoms with Gasteiger partial charge in [0.05, 0.1) is 0 Å². The van der Waals surface area contributed by atoms with Crippen LogP contribution in [0.1, 0.15) is 50.7 Å². The van der Waals surface area contributed by atoms with Crippen molar-refractivity contribution in [1.29, 1.82) is 0 Å². The highest BCUT2D eigenvalue weighted by Gasteiger charge is 2.13. The standard InChI is InChI=1S/C18H30N2/c1-3-12-19-16(2)8-6-13-20-14-7-11-17-9-4-5-10-18(17)15-20/h4-5,9-10,16,19H,3,6-8,11-15H2,1-2H3. The molecule has 112 valence electrons. The second kappa shape index (κ2) is 8.43. The van der Waals surface area contributed by atoms with Crippen molar-refractivity contribution in [3.63, 3.8) is 0 Å². The van der Waals surface area contributed by atoms with Crippen LogP contribution < -0.4 is 5.32 Å². The minimum absolute atomic E-state index is 0.661. The van der Waals surface area contributed by atoms with Gasteiger partial charge in [-0.3, -0.25) is 4.90 Å². The highest BCUT2D eigenvalue weighted by molar-refractivity contribution is 5.27. The van der Waals surface area contributed by atoms with Gasteiger partial charge in [-0.25, -0.2) is 0 Å². The van der Waals surface area contributed by atoms with Crippen molar-refractivity contribution < 1.29 is 0 Å². The summed E-state index contributed by atoms with van der Waals surface area (Å²) in [4.78, 5) is 2.64. The monoisotopic (exact) mass is 274 g/mol. The lowest BCUT2D eigenvalue weighted by atomic mass is 10.0. The number of fused-ring (bicyclic) bond motifs is 1. The highest BCUT2D eigenvalue weighted by Crippen LogP contribution is 2.18. The molecule has 1 aliphatic heterocycles. The molecule has 0 aromatic heterocycles. The van der Waals surface area contributed by atoms with Gasteiger partial charge >= 0.3 is 0 Å². The predicted molar refractivity (Wildman–Crippen MR) is 87.0 cm³/mol. The molecule has 20 heavy (non-hydrogen) atoms. The van der Waals surface area contributed by atoms with Crippen molar-refractivity contribution in [2.75, 3.05) is 19.6 Å². The lowest BCUT2D eigenvalue weighted by molar-refractivity contribution is 0.259. The van der Waals surface area contributed by atoms with Crippen LogP contribution in [0.2, 0.25) is 0 Å². The van der Waals surface area contributed by atoms with E-state index in [9.17, 15) is 0 Å². The van der Waals surface area contributed by atoms with E-state index in [4.69, 9.17) is 0 Å². The van der Waals surface area contributed by atoms with Crippen LogP contribution in [0.4, 0.5) is 0 Å². The van der Waals surface area contributed by atoms with E-state index in [0.717, 1.165) is 13.1 Å². The van der Waals surface area contributed by atoms with Crippen molar-refractivity contribution in [3.05, 3.63) is 35.4 Å². The summed E-state index contributed by atoms with van der Waals surface area (Å²) in [5.74, 6) is 0. The Balaban J connectivity index is 1.74. The van der Waals surface area contributed by atoms with E-state index in [-0.39, 0.29) is 0 Å². The van der Waals surface area contributed by atoms with E-state index >= 15 is 0 Å². The smallest absolute Gasteiger partial charge is 0.0236 e. The summed E-state index contributed by atoms with van der Waals surface area (Å²) in [6.07, 6.45) is 6.38. The van der Waals surface area contributed by atoms with E-state index in [1.807, 2.05) is 0 Å². The number of aryl methyl sites for hydroxylation is 1. The van der Waals surface area contributed by atoms with Gasteiger partial charge in [0.2, 0.25) is 0 Å². The molecule has 0 radical (unpaired) electrons. The summed E-state index contributed by atoms with van der Waals surface area (Å²) in [6, 6.07) is 9.62. The summed E-state index contributed by atoms with van der Waals surface area (Å²) in [5.41, 5.74) is 3.11. The summed E-state index contributed by atoms with van der Waals surface area (Å²) < 4.78 is 0. The summed E-state index contributed by atoms with van der Waals surface area (Å²) >= 11 is 0. The second-order valence-corrected chi connectivity index (χ2v) is 6.15. The maximum atomic E-state index is 3.58. The minimum Gasteiger partial charge on any atom is -0.314 e. The quantitative estimate of drug-likeness (QED) is 0.817. The normalized spacial score (nSPS) is 17.5. The lowest BCUT2D eigenvalue weighted by Crippen LogP contribution is -2.29. The summed E-state index contributed by atoms with van der Waals surface area (Å²) in [6.45, 7) is 9.34. The number of benzene rings is 1. The molecule has 1 N–H and O–H groups in total. The van der Waals surface area contributed by atoms with Gasteiger partial charge in [-0.15, -0.1) is 0 Å². The van der Waals surface area contributed by atoms with Gasteiger partial charge in [0.15, 0.2) is 0 Å². The third-order valence-electron chi connectivity index (χ3n) is 4.29. The molecule has 0 spiro atoms. The molecule has 0 saturated heterocycles. The molecule has 1 aromatic rings. The molecule has 0 bridgehead atoms. The van der Waals surface area contributed by atoms with Crippen LogP contribution in [0.3, 0.4) is 0 Å². The van der Waals surface area contributed by atoms with E-state index < -0.39 is 0 Å². The van der Waals surface area contributed by atoms with E-state index in [0.29, 0.717) is 6.04 Å². The van der Waals surface area contributed by atoms with E-state index in [2.05, 4.69) is 48.3 Å². The Morgan fingerprint density at radius 2 is 2.05 bits per heavy atom. The molecule has 1 unspecified atom stereocenters. The van der Waals surface area contributed by atoms with Crippen LogP contribution in [0, 0.1) is 0 Å². The number of nitrogens with zero attached hydrogens (tertiary/aromatic N) is 1. The Kier molecular flexibility index (Phi) is 6.55. The van der Waals surface area contributed by atoms with Gasteiger partial charge in [-0.05, 0) is 69.8 Å². The molecule has 1 atom stereocenters. The third-order valence-corrected chi connectivity index (χ3v) is 4.29. The topological polar surface area (TPSA) is 15.3 Å². The van der Waals surface area contributed by atoms with Crippen molar-refractivity contribution in [1.82, 2.24) is 10.2 Å². The van der Waals surface area contributed by atoms with Crippen LogP contribution in [0.25, 0.3) is 0 Å². The van der Waals surface area contributed by atoms with Crippen molar-refractivity contribution in [2.24, 2.45) is 0 Å². The van der Waals surface area contributed by atoms with Gasteiger partial charge in [0, 0.05) is 12.6 Å². The van der Waals surface area contributed by atoms with Crippen LogP contribution in [0.15, 0.2) is 24.3 Å². The molecule has 0 fully saturated rings. The fourth-order valence-electron chi connectivity index (χ4n) is 3.07. The molecule has 2 heteroatoms. The lowest BCUT2D eigenvalue weighted by Gasteiger charge is -2.21. The Morgan fingerprint density at radius 1 is 1.25 bits per heavy atom. The molecule has 0 aliphatic carbocycles. The first kappa shape index (κ1) is 15.5. The average molecular weight is 274 g/mol. The first-order chi connectivity index (χ1) is 9.79. The summed E-state index contributed by atoms with van der Waals surface area (Å²) in [7, 11) is 0. The molecule has 0 amide bonds. The second-order valence-electron chi connectivity index (χ2n) is 6.15. The molecule has 1 heterocycles. The van der Waals surface area contributed by atoms with Crippen LogP contribution >= 0.6 is 0 Å². The Labute approximate surface area is 124 Å². The molecule has 1 aromatic carbocycles. The fraction of sp³-hybridized carbons (Fsp3) is 0.667. The van der Waals surface area contributed by atoms with E-state index in [1.54, 1.807) is 11.1 Å². The minimum atomic E-state index is 0.661. The van der Waals surface area contributed by atoms with Gasteiger partial charge in [0.25, 0.3) is 0 Å². The number of nitrogens with one attached hydrogen (secondary N) is 1. The van der Waals surface area contributed by atoms with Gasteiger partial charge < -0.3 is 5.32 Å². The fourth-order valence-corrected chi connectivity index (χ4v) is 3.07. The van der Waals surface area contributed by atoms with Gasteiger partial charge in [-0.1, -0.05) is 31.2 Å². The maximum Gasteiger partial charge on any atom is 0.0236 e. The number of rotatable bonds is 7. The van der Waals surface area contributed by atoms with Gasteiger partial charge in [0.1, 0.15) is 0 Å². The first-order valence-corrected chi connectivity index (χ1v) is 8.32. The maximum absolute atomic E-state index is 3.58. The predicted octanol–water partition coefficient (Wildman–Crippen LogP) is 3.60. The first-order valence-electron chi connectivity index (χ1n) is 8.32. The Hall–Kier alpha value is -0.860. The van der Waals surface area contributed by atoms with Crippen molar-refractivity contribution in [3.8, 4) is 0 Å². The summed E-state index contributed by atoms with van der Waals surface area (Å²) in [5, 5.41) is 3.58. The van der Waals surface area contributed by atoms with Crippen LogP contribution in [-0.2, 0) is 13.0 Å². The Morgan fingerprint density at radius 3 is 2.85 bits per heavy atom. The van der Waals surface area contributed by atoms with Gasteiger partial charge in [-0.2, -0.15) is 0 Å². The molecule has 0 saturated carbocycles. The zero-order valence-electron chi connectivity index (χ0n) is 13.2. The molecule has 2 nitrogen and oxygen atoms in total. The molecule has 2 rings (SSSR count). The zero-order valence-corrected chi connectivity index (χ0v) is 13.2. The number of hydrogen-bond donors (Lipinski definition) is 1. The number of hydrogen-bond acceptors (Lipinski definition) is 2. The zero-order chi connectivity index (χ0) is 14.2.